The topological polar surface area (TPSA) is 53.3 Å². The molecule has 5 nitrogen and oxygen atoms in total. The normalized spacial score (nSPS) is 18.1. The lowest BCUT2D eigenvalue weighted by atomic mass is 9.96. The first-order chi connectivity index (χ1) is 15.5. The molecule has 2 atom stereocenters. The molecule has 1 aliphatic rings. The molecule has 1 saturated heterocycles. The van der Waals surface area contributed by atoms with E-state index in [1.807, 2.05) is 54.7 Å². The van der Waals surface area contributed by atoms with Gasteiger partial charge in [0.15, 0.2) is 5.11 Å². The monoisotopic (exact) mass is 440 g/mol. The number of thiocarbonyl (C=S) groups is 1. The summed E-state index contributed by atoms with van der Waals surface area (Å²) < 4.78 is 2.22. The van der Waals surface area contributed by atoms with Gasteiger partial charge < -0.3 is 19.9 Å². The van der Waals surface area contributed by atoms with Crippen LogP contribution in [0.2, 0.25) is 0 Å². The molecule has 0 aliphatic carbocycles. The minimum atomic E-state index is -0.0855. The average molecular weight is 441 g/mol. The number of benzene rings is 2. The summed E-state index contributed by atoms with van der Waals surface area (Å²) in [4.78, 5) is 6.83. The van der Waals surface area contributed by atoms with Gasteiger partial charge in [0.05, 0.1) is 17.8 Å². The summed E-state index contributed by atoms with van der Waals surface area (Å²) in [5.41, 5.74) is 6.44. The van der Waals surface area contributed by atoms with Crippen molar-refractivity contribution in [3.05, 3.63) is 108 Å². The van der Waals surface area contributed by atoms with Gasteiger partial charge in [-0.3, -0.25) is 4.98 Å². The number of aryl methyl sites for hydroxylation is 1. The summed E-state index contributed by atoms with van der Waals surface area (Å²) >= 11 is 5.82. The zero-order valence-electron chi connectivity index (χ0n) is 17.9. The minimum absolute atomic E-state index is 0.0585. The van der Waals surface area contributed by atoms with Crippen LogP contribution in [0.5, 0.6) is 5.75 Å². The molecule has 3 heterocycles. The number of phenolic OH excluding ortho intramolecular Hbond substituents is 1. The van der Waals surface area contributed by atoms with Crippen LogP contribution in [0.15, 0.2) is 85.1 Å². The summed E-state index contributed by atoms with van der Waals surface area (Å²) in [5.74, 6) is 0.257. The summed E-state index contributed by atoms with van der Waals surface area (Å²) in [6.07, 6.45) is 1.82. The number of hydrogen-bond donors (Lipinski definition) is 2. The number of pyridine rings is 1. The van der Waals surface area contributed by atoms with E-state index in [0.29, 0.717) is 5.11 Å². The van der Waals surface area contributed by atoms with Crippen molar-refractivity contribution < 1.29 is 5.11 Å². The fourth-order valence-corrected chi connectivity index (χ4v) is 4.97. The minimum Gasteiger partial charge on any atom is -0.508 e. The first-order valence-corrected chi connectivity index (χ1v) is 11.0. The standard InChI is InChI=1S/C26H24N4OS/c1-17-16-22(18(2)29(17)20-11-13-21(31)14-12-20)25-24(23-10-6-7-15-27-23)28-26(32)30(25)19-8-4-3-5-9-19/h3-16,24-25,31H,1-2H3,(H,28,32)/t24-,25-/m1/s1. The van der Waals surface area contributed by atoms with E-state index in [1.165, 1.54) is 5.56 Å². The molecule has 2 aromatic heterocycles. The highest BCUT2D eigenvalue weighted by molar-refractivity contribution is 7.80. The van der Waals surface area contributed by atoms with Crippen LogP contribution in [-0.2, 0) is 0 Å². The molecule has 2 N–H and O–H groups in total. The van der Waals surface area contributed by atoms with E-state index in [1.54, 1.807) is 12.1 Å². The van der Waals surface area contributed by atoms with Crippen LogP contribution in [0.25, 0.3) is 5.69 Å². The van der Waals surface area contributed by atoms with Crippen molar-refractivity contribution in [2.24, 2.45) is 0 Å². The highest BCUT2D eigenvalue weighted by atomic mass is 32.1. The third kappa shape index (κ3) is 3.42. The Morgan fingerprint density at radius 1 is 0.906 bits per heavy atom. The molecule has 160 valence electrons. The van der Waals surface area contributed by atoms with Crippen molar-refractivity contribution in [2.75, 3.05) is 4.90 Å². The number of aromatic hydroxyl groups is 1. The van der Waals surface area contributed by atoms with E-state index in [0.717, 1.165) is 28.5 Å². The molecule has 4 aromatic rings. The van der Waals surface area contributed by atoms with E-state index in [-0.39, 0.29) is 17.8 Å². The van der Waals surface area contributed by atoms with Crippen molar-refractivity contribution >= 4 is 23.0 Å². The highest BCUT2D eigenvalue weighted by Crippen LogP contribution is 2.43. The van der Waals surface area contributed by atoms with Crippen LogP contribution in [-0.4, -0.2) is 19.8 Å². The maximum absolute atomic E-state index is 9.73. The molecule has 0 spiro atoms. The number of anilines is 1. The molecule has 1 aliphatic heterocycles. The SMILES string of the molecule is Cc1cc([C@@H]2[C@@H](c3ccccn3)NC(=S)N2c2ccccc2)c(C)n1-c1ccc(O)cc1. The van der Waals surface area contributed by atoms with Crippen molar-refractivity contribution in [3.63, 3.8) is 0 Å². The Kier molecular flexibility index (Phi) is 5.15. The fourth-order valence-electron chi connectivity index (χ4n) is 4.62. The molecule has 0 bridgehead atoms. The van der Waals surface area contributed by atoms with E-state index < -0.39 is 0 Å². The van der Waals surface area contributed by atoms with Gasteiger partial charge in [-0.25, -0.2) is 0 Å². The van der Waals surface area contributed by atoms with Crippen LogP contribution in [0.3, 0.4) is 0 Å². The molecule has 1 fully saturated rings. The Labute approximate surface area is 193 Å². The Balaban J connectivity index is 1.67. The number of para-hydroxylation sites is 1. The zero-order chi connectivity index (χ0) is 22.2. The van der Waals surface area contributed by atoms with Gasteiger partial charge in [0.25, 0.3) is 0 Å². The number of nitrogens with zero attached hydrogens (tertiary/aromatic N) is 3. The maximum Gasteiger partial charge on any atom is 0.174 e. The molecule has 6 heteroatoms. The van der Waals surface area contributed by atoms with E-state index >= 15 is 0 Å². The second kappa shape index (κ2) is 8.13. The molecule has 0 amide bonds. The second-order valence-electron chi connectivity index (χ2n) is 8.01. The fraction of sp³-hybridized carbons (Fsp3) is 0.154. The van der Waals surface area contributed by atoms with E-state index in [4.69, 9.17) is 12.2 Å². The summed E-state index contributed by atoms with van der Waals surface area (Å²) in [7, 11) is 0. The first kappa shape index (κ1) is 20.3. The summed E-state index contributed by atoms with van der Waals surface area (Å²) in [6, 6.07) is 25.6. The third-order valence-corrected chi connectivity index (χ3v) is 6.34. The van der Waals surface area contributed by atoms with Crippen LogP contribution in [0, 0.1) is 13.8 Å². The Bertz CT molecular complexity index is 1250. The molecular weight excluding hydrogens is 416 g/mol. The number of aromatic nitrogens is 2. The van der Waals surface area contributed by atoms with Crippen molar-refractivity contribution in [1.82, 2.24) is 14.9 Å². The average Bonchev–Trinajstić information content (AvgIpc) is 3.31. The molecule has 5 rings (SSSR count). The Hall–Kier alpha value is -3.64. The molecule has 32 heavy (non-hydrogen) atoms. The smallest absolute Gasteiger partial charge is 0.174 e. The predicted octanol–water partition coefficient (Wildman–Crippen LogP) is 5.37. The molecule has 0 radical (unpaired) electrons. The van der Waals surface area contributed by atoms with Crippen molar-refractivity contribution in [3.8, 4) is 11.4 Å². The van der Waals surface area contributed by atoms with Gasteiger partial charge >= 0.3 is 0 Å². The lowest BCUT2D eigenvalue weighted by Gasteiger charge is -2.28. The lowest BCUT2D eigenvalue weighted by molar-refractivity contribution is 0.475. The summed E-state index contributed by atoms with van der Waals surface area (Å²) in [6.45, 7) is 4.24. The van der Waals surface area contributed by atoms with Crippen LogP contribution in [0.4, 0.5) is 5.69 Å². The van der Waals surface area contributed by atoms with Gasteiger partial charge in [-0.05, 0) is 86.2 Å². The lowest BCUT2D eigenvalue weighted by Crippen LogP contribution is -2.29. The van der Waals surface area contributed by atoms with E-state index in [2.05, 4.69) is 51.8 Å². The Morgan fingerprint density at radius 2 is 1.62 bits per heavy atom. The van der Waals surface area contributed by atoms with Gasteiger partial charge in [0.1, 0.15) is 5.75 Å². The zero-order valence-corrected chi connectivity index (χ0v) is 18.8. The van der Waals surface area contributed by atoms with Gasteiger partial charge in [0.2, 0.25) is 0 Å². The molecule has 0 unspecified atom stereocenters. The first-order valence-electron chi connectivity index (χ1n) is 10.6. The molecule has 0 saturated carbocycles. The number of hydrogen-bond acceptors (Lipinski definition) is 3. The summed E-state index contributed by atoms with van der Waals surface area (Å²) in [5, 5.41) is 13.9. The predicted molar refractivity (Wildman–Crippen MR) is 131 cm³/mol. The van der Waals surface area contributed by atoms with Crippen molar-refractivity contribution in [2.45, 2.75) is 25.9 Å². The number of nitrogens with one attached hydrogen (secondary N) is 1. The van der Waals surface area contributed by atoms with Gasteiger partial charge in [-0.15, -0.1) is 0 Å². The molecule has 2 aromatic carbocycles. The van der Waals surface area contributed by atoms with E-state index in [9.17, 15) is 5.11 Å². The van der Waals surface area contributed by atoms with Crippen LogP contribution in [0.1, 0.15) is 34.7 Å². The Morgan fingerprint density at radius 3 is 2.31 bits per heavy atom. The van der Waals surface area contributed by atoms with Gasteiger partial charge in [-0.1, -0.05) is 24.3 Å². The van der Waals surface area contributed by atoms with Crippen LogP contribution >= 0.6 is 12.2 Å². The number of rotatable bonds is 4. The highest BCUT2D eigenvalue weighted by Gasteiger charge is 2.42. The quantitative estimate of drug-likeness (QED) is 0.418. The second-order valence-corrected chi connectivity index (χ2v) is 8.40. The van der Waals surface area contributed by atoms with Crippen LogP contribution < -0.4 is 10.2 Å². The largest absolute Gasteiger partial charge is 0.508 e. The molecular formula is C26H24N4OS. The maximum atomic E-state index is 9.73. The number of phenols is 1. The van der Waals surface area contributed by atoms with Gasteiger partial charge in [0, 0.05) is 29.0 Å². The third-order valence-electron chi connectivity index (χ3n) is 6.03. The van der Waals surface area contributed by atoms with Gasteiger partial charge in [-0.2, -0.15) is 0 Å². The van der Waals surface area contributed by atoms with Crippen molar-refractivity contribution in [1.29, 1.82) is 0 Å².